The van der Waals surface area contributed by atoms with Crippen LogP contribution in [0.4, 0.5) is 0 Å². The maximum Gasteiger partial charge on any atom is 0.310 e. The number of carboxylic acids is 1. The second-order valence-corrected chi connectivity index (χ2v) is 4.55. The zero-order chi connectivity index (χ0) is 12.1. The largest absolute Gasteiger partial charge is 0.481 e. The highest BCUT2D eigenvalue weighted by Gasteiger charge is 2.21. The molecule has 1 aromatic carbocycles. The van der Waals surface area contributed by atoms with E-state index in [1.807, 2.05) is 31.2 Å². The normalized spacial score (nSPS) is 14.4. The van der Waals surface area contributed by atoms with Crippen LogP contribution in [0.5, 0.6) is 0 Å². The monoisotopic (exact) mass is 220 g/mol. The Kier molecular flexibility index (Phi) is 4.53. The van der Waals surface area contributed by atoms with Crippen molar-refractivity contribution in [2.45, 2.75) is 39.5 Å². The Morgan fingerprint density at radius 2 is 2.12 bits per heavy atom. The molecule has 2 heteroatoms. The second-order valence-electron chi connectivity index (χ2n) is 4.55. The lowest BCUT2D eigenvalue weighted by molar-refractivity contribution is -0.139. The molecule has 1 rings (SSSR count). The third-order valence-corrected chi connectivity index (χ3v) is 3.08. The first-order chi connectivity index (χ1) is 7.54. The van der Waals surface area contributed by atoms with Crippen molar-refractivity contribution in [3.05, 3.63) is 35.4 Å². The number of carbonyl (C=O) groups is 1. The molecule has 0 aliphatic carbocycles. The van der Waals surface area contributed by atoms with E-state index >= 15 is 0 Å². The van der Waals surface area contributed by atoms with Gasteiger partial charge in [0, 0.05) is 0 Å². The van der Waals surface area contributed by atoms with Gasteiger partial charge in [-0.3, -0.25) is 4.79 Å². The van der Waals surface area contributed by atoms with E-state index in [0.29, 0.717) is 5.92 Å². The molecule has 0 aromatic heterocycles. The molecule has 1 N–H and O–H groups in total. The van der Waals surface area contributed by atoms with Crippen molar-refractivity contribution >= 4 is 5.97 Å². The zero-order valence-electron chi connectivity index (χ0n) is 10.2. The average molecular weight is 220 g/mol. The van der Waals surface area contributed by atoms with Crippen molar-refractivity contribution in [1.29, 1.82) is 0 Å². The van der Waals surface area contributed by atoms with Crippen LogP contribution in [0.2, 0.25) is 0 Å². The summed E-state index contributed by atoms with van der Waals surface area (Å²) in [7, 11) is 0. The molecule has 2 nitrogen and oxygen atoms in total. The van der Waals surface area contributed by atoms with Gasteiger partial charge in [-0.1, -0.05) is 50.1 Å². The minimum Gasteiger partial charge on any atom is -0.481 e. The van der Waals surface area contributed by atoms with E-state index in [4.69, 9.17) is 0 Å². The summed E-state index contributed by atoms with van der Waals surface area (Å²) in [6, 6.07) is 7.80. The highest BCUT2D eigenvalue weighted by atomic mass is 16.4. The summed E-state index contributed by atoms with van der Waals surface area (Å²) in [5.74, 6) is -0.637. The van der Waals surface area contributed by atoms with Crippen molar-refractivity contribution in [1.82, 2.24) is 0 Å². The van der Waals surface area contributed by atoms with Gasteiger partial charge in [0.15, 0.2) is 0 Å². The molecule has 88 valence electrons. The van der Waals surface area contributed by atoms with Crippen LogP contribution >= 0.6 is 0 Å². The van der Waals surface area contributed by atoms with E-state index in [-0.39, 0.29) is 5.92 Å². The lowest BCUT2D eigenvalue weighted by Crippen LogP contribution is -2.14. The first kappa shape index (κ1) is 12.8. The number of hydrogen-bond donors (Lipinski definition) is 1. The summed E-state index contributed by atoms with van der Waals surface area (Å²) >= 11 is 0. The molecule has 0 aliphatic heterocycles. The number of carboxylic acid groups (broad SMARTS) is 1. The van der Waals surface area contributed by atoms with Crippen LogP contribution in [0.15, 0.2) is 24.3 Å². The molecular formula is C14H20O2. The fraction of sp³-hybridized carbons (Fsp3) is 0.500. The minimum absolute atomic E-state index is 0.366. The van der Waals surface area contributed by atoms with Gasteiger partial charge >= 0.3 is 5.97 Å². The predicted octanol–water partition coefficient (Wildman–Crippen LogP) is 3.60. The van der Waals surface area contributed by atoms with Crippen molar-refractivity contribution in [2.24, 2.45) is 5.92 Å². The molecule has 0 aliphatic rings. The zero-order valence-corrected chi connectivity index (χ0v) is 10.2. The highest BCUT2D eigenvalue weighted by Crippen LogP contribution is 2.26. The van der Waals surface area contributed by atoms with Crippen molar-refractivity contribution in [3.8, 4) is 0 Å². The molecular weight excluding hydrogens is 200 g/mol. The number of hydrogen-bond acceptors (Lipinski definition) is 1. The van der Waals surface area contributed by atoms with Gasteiger partial charge < -0.3 is 5.11 Å². The third kappa shape index (κ3) is 3.37. The summed E-state index contributed by atoms with van der Waals surface area (Å²) in [4.78, 5) is 11.3. The topological polar surface area (TPSA) is 37.3 Å². The maximum atomic E-state index is 11.3. The first-order valence-electron chi connectivity index (χ1n) is 5.84. The number of rotatable bonds is 5. The van der Waals surface area contributed by atoms with Gasteiger partial charge in [-0.15, -0.1) is 0 Å². The van der Waals surface area contributed by atoms with Crippen molar-refractivity contribution in [3.63, 3.8) is 0 Å². The Morgan fingerprint density at radius 1 is 1.44 bits per heavy atom. The smallest absolute Gasteiger partial charge is 0.310 e. The van der Waals surface area contributed by atoms with E-state index in [1.165, 1.54) is 0 Å². The molecule has 2 atom stereocenters. The molecule has 0 amide bonds. The molecule has 1 aromatic rings. The van der Waals surface area contributed by atoms with Crippen molar-refractivity contribution in [2.75, 3.05) is 0 Å². The molecule has 0 saturated carbocycles. The van der Waals surface area contributed by atoms with Gasteiger partial charge in [0.1, 0.15) is 0 Å². The van der Waals surface area contributed by atoms with Crippen LogP contribution in [-0.2, 0) is 4.79 Å². The van der Waals surface area contributed by atoms with Crippen molar-refractivity contribution < 1.29 is 9.90 Å². The van der Waals surface area contributed by atoms with Gasteiger partial charge in [0.2, 0.25) is 0 Å². The number of benzene rings is 1. The SMILES string of the molecule is CCC(C)CC(C(=O)O)c1cccc(C)c1. The fourth-order valence-electron chi connectivity index (χ4n) is 1.84. The molecule has 2 unspecified atom stereocenters. The Balaban J connectivity index is 2.89. The minimum atomic E-state index is -0.717. The van der Waals surface area contributed by atoms with Crippen LogP contribution < -0.4 is 0 Å². The average Bonchev–Trinajstić information content (AvgIpc) is 2.25. The van der Waals surface area contributed by atoms with Gasteiger partial charge in [0.25, 0.3) is 0 Å². The Bertz CT molecular complexity index is 358. The molecule has 0 fully saturated rings. The van der Waals surface area contributed by atoms with Crippen LogP contribution in [0.1, 0.15) is 43.7 Å². The Labute approximate surface area is 97.3 Å². The summed E-state index contributed by atoms with van der Waals surface area (Å²) in [6.45, 7) is 6.19. The fourth-order valence-corrected chi connectivity index (χ4v) is 1.84. The molecule has 0 spiro atoms. The van der Waals surface area contributed by atoms with E-state index < -0.39 is 5.97 Å². The Hall–Kier alpha value is -1.31. The molecule has 0 bridgehead atoms. The summed E-state index contributed by atoms with van der Waals surface area (Å²) in [6.07, 6.45) is 1.74. The van der Waals surface area contributed by atoms with Gasteiger partial charge in [-0.05, 0) is 24.8 Å². The third-order valence-electron chi connectivity index (χ3n) is 3.08. The van der Waals surface area contributed by atoms with E-state index in [9.17, 15) is 9.90 Å². The highest BCUT2D eigenvalue weighted by molar-refractivity contribution is 5.76. The maximum absolute atomic E-state index is 11.3. The standard InChI is InChI=1S/C14H20O2/c1-4-10(2)9-13(14(15)16)12-7-5-6-11(3)8-12/h5-8,10,13H,4,9H2,1-3H3,(H,15,16). The lowest BCUT2D eigenvalue weighted by atomic mass is 9.88. The van der Waals surface area contributed by atoms with Gasteiger partial charge in [0.05, 0.1) is 5.92 Å². The number of aryl methyl sites for hydroxylation is 1. The molecule has 0 saturated heterocycles. The lowest BCUT2D eigenvalue weighted by Gasteiger charge is -2.17. The first-order valence-corrected chi connectivity index (χ1v) is 5.84. The second kappa shape index (κ2) is 5.69. The van der Waals surface area contributed by atoms with E-state index in [2.05, 4.69) is 13.8 Å². The Morgan fingerprint density at radius 3 is 2.62 bits per heavy atom. The summed E-state index contributed by atoms with van der Waals surface area (Å²) < 4.78 is 0. The molecule has 0 radical (unpaired) electrons. The number of aliphatic carboxylic acids is 1. The van der Waals surface area contributed by atoms with E-state index in [1.54, 1.807) is 0 Å². The van der Waals surface area contributed by atoms with Crippen LogP contribution in [0.3, 0.4) is 0 Å². The summed E-state index contributed by atoms with van der Waals surface area (Å²) in [5.41, 5.74) is 2.04. The van der Waals surface area contributed by atoms with Crippen LogP contribution in [0, 0.1) is 12.8 Å². The molecule has 16 heavy (non-hydrogen) atoms. The van der Waals surface area contributed by atoms with Crippen LogP contribution in [0.25, 0.3) is 0 Å². The van der Waals surface area contributed by atoms with Crippen LogP contribution in [-0.4, -0.2) is 11.1 Å². The molecule has 0 heterocycles. The van der Waals surface area contributed by atoms with Gasteiger partial charge in [-0.25, -0.2) is 0 Å². The quantitative estimate of drug-likeness (QED) is 0.823. The van der Waals surface area contributed by atoms with Gasteiger partial charge in [-0.2, -0.15) is 0 Å². The van der Waals surface area contributed by atoms with E-state index in [0.717, 1.165) is 24.0 Å². The summed E-state index contributed by atoms with van der Waals surface area (Å²) in [5, 5.41) is 9.26. The predicted molar refractivity (Wildman–Crippen MR) is 65.6 cm³/mol.